The van der Waals surface area contributed by atoms with E-state index in [1.807, 2.05) is 0 Å². The van der Waals surface area contributed by atoms with Gasteiger partial charge in [-0.05, 0) is 0 Å². The summed E-state index contributed by atoms with van der Waals surface area (Å²) in [6.07, 6.45) is 0.763. The summed E-state index contributed by atoms with van der Waals surface area (Å²) in [4.78, 5) is 10.3. The van der Waals surface area contributed by atoms with Crippen LogP contribution >= 0.6 is 0 Å². The summed E-state index contributed by atoms with van der Waals surface area (Å²) in [5.41, 5.74) is 6.73. The Bertz CT molecular complexity index is 303. The molecule has 62 valence electrons. The van der Waals surface area contributed by atoms with Gasteiger partial charge in [0.1, 0.15) is 12.1 Å². The lowest BCUT2D eigenvalue weighted by Gasteiger charge is -1.97. The van der Waals surface area contributed by atoms with E-state index < -0.39 is 0 Å². The van der Waals surface area contributed by atoms with Crippen molar-refractivity contribution in [2.45, 2.75) is 0 Å². The van der Waals surface area contributed by atoms with Crippen molar-refractivity contribution >= 4 is 12.1 Å². The molecule has 0 aliphatic rings. The average molecular weight is 163 g/mol. The van der Waals surface area contributed by atoms with Gasteiger partial charge in [-0.15, -0.1) is 0 Å². The molecule has 12 heavy (non-hydrogen) atoms. The molecule has 0 radical (unpaired) electrons. The van der Waals surface area contributed by atoms with Crippen molar-refractivity contribution in [3.8, 4) is 0 Å². The lowest BCUT2D eigenvalue weighted by atomic mass is 10.1. The highest BCUT2D eigenvalue weighted by Gasteiger charge is 1.96. The minimum Gasteiger partial charge on any atom is -0.382 e. The summed E-state index contributed by atoms with van der Waals surface area (Å²) >= 11 is 0. The largest absolute Gasteiger partial charge is 0.382 e. The molecule has 0 saturated carbocycles. The molecule has 1 aromatic carbocycles. The molecule has 0 heterocycles. The summed E-state index contributed by atoms with van der Waals surface area (Å²) in [5, 5.41) is 3.32. The number of nitrogens with zero attached hydrogens (tertiary/aromatic N) is 1. The van der Waals surface area contributed by atoms with Crippen LogP contribution in [0.5, 0.6) is 0 Å². The van der Waals surface area contributed by atoms with Gasteiger partial charge >= 0.3 is 0 Å². The first-order valence-corrected chi connectivity index (χ1v) is 3.37. The van der Waals surface area contributed by atoms with E-state index in [0.29, 0.717) is 11.1 Å². The third-order valence-electron chi connectivity index (χ3n) is 1.48. The fraction of sp³-hybridized carbons (Fsp3) is 0. The zero-order chi connectivity index (χ0) is 8.97. The topological polar surface area (TPSA) is 81.5 Å². The number of hydrogen-bond donors (Lipinski definition) is 2. The van der Waals surface area contributed by atoms with Crippen LogP contribution in [-0.4, -0.2) is 12.1 Å². The van der Waals surface area contributed by atoms with Gasteiger partial charge in [0.05, 0.1) is 0 Å². The fourth-order valence-corrected chi connectivity index (χ4v) is 0.807. The number of aldehydes is 1. The second kappa shape index (κ2) is 3.52. The molecule has 0 spiro atoms. The van der Waals surface area contributed by atoms with Gasteiger partial charge in [0.15, 0.2) is 0 Å². The Kier molecular flexibility index (Phi) is 2.42. The fourth-order valence-electron chi connectivity index (χ4n) is 0.807. The standard InChI is InChI=1S/C8H9N3O/c9-8(11-10)7-3-1-6(5-12)2-4-7/h1-5H,10H2,(H2,9,11). The van der Waals surface area contributed by atoms with Crippen molar-refractivity contribution in [1.82, 2.24) is 0 Å². The number of amidine groups is 1. The third kappa shape index (κ3) is 1.60. The van der Waals surface area contributed by atoms with E-state index >= 15 is 0 Å². The van der Waals surface area contributed by atoms with E-state index in [4.69, 9.17) is 11.6 Å². The molecule has 0 aromatic heterocycles. The number of hydrazone groups is 1. The molecule has 4 N–H and O–H groups in total. The molecule has 0 aliphatic heterocycles. The molecular formula is C8H9N3O. The summed E-state index contributed by atoms with van der Waals surface area (Å²) in [6, 6.07) is 6.69. The van der Waals surface area contributed by atoms with E-state index in [2.05, 4.69) is 5.10 Å². The van der Waals surface area contributed by atoms with E-state index in [9.17, 15) is 4.79 Å². The minimum atomic E-state index is 0.257. The Morgan fingerprint density at radius 2 is 1.92 bits per heavy atom. The molecule has 0 amide bonds. The maximum absolute atomic E-state index is 10.3. The van der Waals surface area contributed by atoms with Gasteiger partial charge in [0.25, 0.3) is 0 Å². The molecule has 0 bridgehead atoms. The van der Waals surface area contributed by atoms with Crippen LogP contribution in [0, 0.1) is 0 Å². The number of hydrogen-bond acceptors (Lipinski definition) is 3. The number of carbonyl (C=O) groups excluding carboxylic acids is 1. The van der Waals surface area contributed by atoms with Crippen molar-refractivity contribution in [3.63, 3.8) is 0 Å². The summed E-state index contributed by atoms with van der Waals surface area (Å²) in [5.74, 6) is 5.22. The van der Waals surface area contributed by atoms with Crippen molar-refractivity contribution in [2.75, 3.05) is 0 Å². The maximum atomic E-state index is 10.3. The first kappa shape index (κ1) is 8.26. The normalized spacial score (nSPS) is 11.2. The van der Waals surface area contributed by atoms with Crippen LogP contribution in [0.3, 0.4) is 0 Å². The Morgan fingerprint density at radius 1 is 1.33 bits per heavy atom. The Morgan fingerprint density at radius 3 is 2.33 bits per heavy atom. The Labute approximate surface area is 69.9 Å². The molecule has 0 saturated heterocycles. The lowest BCUT2D eigenvalue weighted by molar-refractivity contribution is 0.112. The van der Waals surface area contributed by atoms with Gasteiger partial charge in [-0.2, -0.15) is 5.10 Å². The van der Waals surface area contributed by atoms with E-state index in [1.54, 1.807) is 24.3 Å². The van der Waals surface area contributed by atoms with Gasteiger partial charge in [0.2, 0.25) is 0 Å². The van der Waals surface area contributed by atoms with Crippen molar-refractivity contribution < 1.29 is 4.79 Å². The molecule has 4 nitrogen and oxygen atoms in total. The van der Waals surface area contributed by atoms with Crippen molar-refractivity contribution in [1.29, 1.82) is 0 Å². The first-order valence-electron chi connectivity index (χ1n) is 3.37. The lowest BCUT2D eigenvalue weighted by Crippen LogP contribution is -2.15. The Balaban J connectivity index is 2.99. The predicted octanol–water partition coefficient (Wildman–Crippen LogP) is 0.0781. The number of rotatable bonds is 2. The summed E-state index contributed by atoms with van der Waals surface area (Å²) in [7, 11) is 0. The van der Waals surface area contributed by atoms with Crippen LogP contribution < -0.4 is 11.6 Å². The number of carbonyl (C=O) groups is 1. The highest BCUT2D eigenvalue weighted by Crippen LogP contribution is 2.01. The van der Waals surface area contributed by atoms with Crippen molar-refractivity contribution in [2.24, 2.45) is 16.7 Å². The number of benzene rings is 1. The number of nitrogens with two attached hydrogens (primary N) is 2. The predicted molar refractivity (Wildman–Crippen MR) is 46.7 cm³/mol. The van der Waals surface area contributed by atoms with E-state index in [0.717, 1.165) is 6.29 Å². The molecular weight excluding hydrogens is 154 g/mol. The summed E-state index contributed by atoms with van der Waals surface area (Å²) in [6.45, 7) is 0. The van der Waals surface area contributed by atoms with Crippen LogP contribution in [0.4, 0.5) is 0 Å². The van der Waals surface area contributed by atoms with E-state index in [1.165, 1.54) is 0 Å². The monoisotopic (exact) mass is 163 g/mol. The summed E-state index contributed by atoms with van der Waals surface area (Å²) < 4.78 is 0. The maximum Gasteiger partial charge on any atom is 0.150 e. The molecule has 1 aromatic rings. The Hall–Kier alpha value is -1.84. The molecule has 0 atom stereocenters. The van der Waals surface area contributed by atoms with Crippen molar-refractivity contribution in [3.05, 3.63) is 35.4 Å². The molecule has 0 fully saturated rings. The van der Waals surface area contributed by atoms with Crippen LogP contribution in [0.15, 0.2) is 29.4 Å². The van der Waals surface area contributed by atoms with Crippen LogP contribution in [0.25, 0.3) is 0 Å². The zero-order valence-electron chi connectivity index (χ0n) is 6.40. The second-order valence-electron chi connectivity index (χ2n) is 2.25. The minimum absolute atomic E-state index is 0.257. The average Bonchev–Trinajstić information content (AvgIpc) is 2.17. The highest BCUT2D eigenvalue weighted by molar-refractivity contribution is 5.97. The molecule has 4 heteroatoms. The van der Waals surface area contributed by atoms with Crippen LogP contribution in [0.2, 0.25) is 0 Å². The first-order chi connectivity index (χ1) is 5.77. The highest BCUT2D eigenvalue weighted by atomic mass is 16.1. The van der Waals surface area contributed by atoms with Gasteiger partial charge in [-0.25, -0.2) is 0 Å². The van der Waals surface area contributed by atoms with Crippen LogP contribution in [0.1, 0.15) is 15.9 Å². The van der Waals surface area contributed by atoms with Gasteiger partial charge in [0, 0.05) is 11.1 Å². The van der Waals surface area contributed by atoms with E-state index in [-0.39, 0.29) is 5.84 Å². The van der Waals surface area contributed by atoms with Gasteiger partial charge in [-0.3, -0.25) is 4.79 Å². The van der Waals surface area contributed by atoms with Crippen LogP contribution in [-0.2, 0) is 0 Å². The second-order valence-corrected chi connectivity index (χ2v) is 2.25. The van der Waals surface area contributed by atoms with Gasteiger partial charge in [-0.1, -0.05) is 24.3 Å². The molecule has 0 aliphatic carbocycles. The molecule has 1 rings (SSSR count). The quantitative estimate of drug-likeness (QED) is 0.213. The zero-order valence-corrected chi connectivity index (χ0v) is 6.40. The SMILES string of the molecule is N/N=C(\N)c1ccc(C=O)cc1. The molecule has 0 unspecified atom stereocenters. The van der Waals surface area contributed by atoms with Gasteiger partial charge < -0.3 is 11.6 Å². The third-order valence-corrected chi connectivity index (χ3v) is 1.48. The smallest absolute Gasteiger partial charge is 0.150 e.